The maximum Gasteiger partial charge on any atom is 0.341 e. The van der Waals surface area contributed by atoms with E-state index in [2.05, 4.69) is 0 Å². The largest absolute Gasteiger partial charge is 0.632 e. The number of hydrogen-bond acceptors (Lipinski definition) is 6. The highest BCUT2D eigenvalue weighted by molar-refractivity contribution is 5.80. The molecule has 3 N–H and O–H groups in total. The average molecular weight is 315 g/mol. The first-order valence-corrected chi connectivity index (χ1v) is 7.65. The summed E-state index contributed by atoms with van der Waals surface area (Å²) in [7, 11) is 0. The Morgan fingerprint density at radius 1 is 1.55 bits per heavy atom. The molecule has 0 bridgehead atoms. The van der Waals surface area contributed by atoms with E-state index in [0.29, 0.717) is 18.5 Å². The Balaban J connectivity index is 2.03. The average Bonchev–Trinajstić information content (AvgIpc) is 2.92. The van der Waals surface area contributed by atoms with Crippen LogP contribution in [0, 0.1) is 11.1 Å². The van der Waals surface area contributed by atoms with Gasteiger partial charge in [-0.1, -0.05) is 13.8 Å². The van der Waals surface area contributed by atoms with Crippen molar-refractivity contribution in [3.8, 4) is 0 Å². The Kier molecular flexibility index (Phi) is 4.66. The molecule has 1 saturated heterocycles. The van der Waals surface area contributed by atoms with Gasteiger partial charge in [-0.2, -0.15) is 0 Å². The minimum absolute atomic E-state index is 0.148. The summed E-state index contributed by atoms with van der Waals surface area (Å²) in [6.07, 6.45) is 0.127. The summed E-state index contributed by atoms with van der Waals surface area (Å²) >= 11 is 0. The first-order chi connectivity index (χ1) is 10.1. The number of rotatable bonds is 5. The second-order valence-electron chi connectivity index (χ2n) is 6.67. The fourth-order valence-corrected chi connectivity index (χ4v) is 3.41. The van der Waals surface area contributed by atoms with Crippen molar-refractivity contribution in [3.63, 3.8) is 0 Å². The van der Waals surface area contributed by atoms with Crippen molar-refractivity contribution in [2.75, 3.05) is 19.7 Å². The van der Waals surface area contributed by atoms with Crippen LogP contribution in [0.1, 0.15) is 27.2 Å². The molecule has 0 aromatic rings. The van der Waals surface area contributed by atoms with Crippen molar-refractivity contribution in [3.05, 3.63) is 16.9 Å². The van der Waals surface area contributed by atoms with Crippen LogP contribution in [0.15, 0.2) is 11.6 Å². The maximum atomic E-state index is 12.4. The molecule has 5 atom stereocenters. The van der Waals surface area contributed by atoms with Crippen molar-refractivity contribution < 1.29 is 29.5 Å². The van der Waals surface area contributed by atoms with Crippen molar-refractivity contribution in [1.29, 1.82) is 0 Å². The quantitative estimate of drug-likeness (QED) is 0.278. The molecular weight excluding hydrogens is 290 g/mol. The van der Waals surface area contributed by atoms with Crippen molar-refractivity contribution in [2.24, 2.45) is 5.92 Å². The van der Waals surface area contributed by atoms with Crippen LogP contribution in [-0.4, -0.2) is 69.5 Å². The summed E-state index contributed by atoms with van der Waals surface area (Å²) < 4.78 is 4.64. The van der Waals surface area contributed by atoms with Gasteiger partial charge in [0.05, 0.1) is 19.2 Å². The molecule has 2 aliphatic heterocycles. The highest BCUT2D eigenvalue weighted by Gasteiger charge is 2.49. The molecule has 0 radical (unpaired) electrons. The van der Waals surface area contributed by atoms with E-state index in [1.807, 2.05) is 0 Å². The zero-order valence-electron chi connectivity index (χ0n) is 13.2. The molecule has 7 heteroatoms. The van der Waals surface area contributed by atoms with E-state index in [0.717, 1.165) is 0 Å². The number of carbonyl (C=O) groups excluding carboxylic acids is 1. The predicted molar refractivity (Wildman–Crippen MR) is 78.3 cm³/mol. The number of hydrogen-bond donors (Lipinski definition) is 3. The zero-order chi connectivity index (χ0) is 16.7. The van der Waals surface area contributed by atoms with Gasteiger partial charge in [0.1, 0.15) is 18.8 Å². The summed E-state index contributed by atoms with van der Waals surface area (Å²) in [4.78, 5) is 12.2. The summed E-state index contributed by atoms with van der Waals surface area (Å²) in [6, 6.07) is -0.591. The predicted octanol–water partition coefficient (Wildman–Crippen LogP) is -0.315. The second-order valence-corrected chi connectivity index (χ2v) is 6.67. The molecule has 2 aliphatic rings. The van der Waals surface area contributed by atoms with Crippen LogP contribution in [0.4, 0.5) is 0 Å². The molecule has 0 aromatic carbocycles. The first-order valence-electron chi connectivity index (χ1n) is 7.65. The van der Waals surface area contributed by atoms with Crippen molar-refractivity contribution >= 4 is 5.97 Å². The van der Waals surface area contributed by atoms with Crippen LogP contribution in [0.3, 0.4) is 0 Å². The van der Waals surface area contributed by atoms with E-state index in [1.165, 1.54) is 6.92 Å². The number of aliphatic hydroxyl groups is 3. The molecule has 22 heavy (non-hydrogen) atoms. The van der Waals surface area contributed by atoms with Gasteiger partial charge in [-0.3, -0.25) is 0 Å². The van der Waals surface area contributed by atoms with Gasteiger partial charge < -0.3 is 29.9 Å². The van der Waals surface area contributed by atoms with Gasteiger partial charge in [-0.25, -0.2) is 4.79 Å². The minimum Gasteiger partial charge on any atom is -0.632 e. The number of ether oxygens (including phenoxy) is 1. The van der Waals surface area contributed by atoms with Crippen LogP contribution in [0.5, 0.6) is 0 Å². The van der Waals surface area contributed by atoms with Crippen LogP contribution < -0.4 is 0 Å². The van der Waals surface area contributed by atoms with Gasteiger partial charge in [0.15, 0.2) is 5.60 Å². The third-order valence-electron chi connectivity index (χ3n) is 4.93. The van der Waals surface area contributed by atoms with E-state index in [1.54, 1.807) is 19.9 Å². The highest BCUT2D eigenvalue weighted by atomic mass is 16.6. The number of aliphatic hydroxyl groups excluding tert-OH is 2. The molecule has 0 spiro atoms. The second kappa shape index (κ2) is 5.90. The SMILES string of the molecule is CC(C)[C@](O)(C(=O)OCC1=CC[N@@+]2([O-])CC[C@@H](O)[C@@H]12)[C@H](C)O. The normalized spacial score (nSPS) is 35.0. The van der Waals surface area contributed by atoms with Crippen LogP contribution in [-0.2, 0) is 9.53 Å². The molecule has 2 rings (SSSR count). The Labute approximate surface area is 130 Å². The lowest BCUT2D eigenvalue weighted by Crippen LogP contribution is -2.53. The van der Waals surface area contributed by atoms with Crippen LogP contribution >= 0.6 is 0 Å². The Morgan fingerprint density at radius 2 is 2.18 bits per heavy atom. The summed E-state index contributed by atoms with van der Waals surface area (Å²) in [6.45, 7) is 5.02. The first kappa shape index (κ1) is 17.4. The van der Waals surface area contributed by atoms with E-state index in [4.69, 9.17) is 4.74 Å². The monoisotopic (exact) mass is 315 g/mol. The van der Waals surface area contributed by atoms with Gasteiger partial charge in [0.2, 0.25) is 0 Å². The van der Waals surface area contributed by atoms with E-state index in [9.17, 15) is 25.3 Å². The highest BCUT2D eigenvalue weighted by Crippen LogP contribution is 2.36. The number of hydroxylamine groups is 3. The van der Waals surface area contributed by atoms with Crippen molar-refractivity contribution in [1.82, 2.24) is 0 Å². The standard InChI is InChI=1S/C15H25NO6/c1-9(2)15(20,10(3)17)14(19)22-8-11-4-6-16(21)7-5-12(18)13(11)16/h4,9-10,12-13,17-18,20H,5-8H2,1-3H3/t10-,12+,13+,15+,16+/m0/s1. The topological polar surface area (TPSA) is 110 Å². The zero-order valence-corrected chi connectivity index (χ0v) is 13.2. The summed E-state index contributed by atoms with van der Waals surface area (Å²) in [5.41, 5.74) is -1.40. The number of nitrogens with zero attached hydrogens (tertiary/aromatic N) is 1. The van der Waals surface area contributed by atoms with E-state index < -0.39 is 40.4 Å². The summed E-state index contributed by atoms with van der Waals surface area (Å²) in [5.74, 6) is -1.44. The minimum atomic E-state index is -1.99. The fourth-order valence-electron chi connectivity index (χ4n) is 3.41. The molecule has 7 nitrogen and oxygen atoms in total. The molecule has 0 unspecified atom stereocenters. The van der Waals surface area contributed by atoms with E-state index >= 15 is 0 Å². The third-order valence-corrected chi connectivity index (χ3v) is 4.93. The lowest BCUT2D eigenvalue weighted by Gasteiger charge is -2.40. The molecule has 0 aromatic heterocycles. The summed E-state index contributed by atoms with van der Waals surface area (Å²) in [5, 5.41) is 42.4. The maximum absolute atomic E-state index is 12.4. The Morgan fingerprint density at radius 3 is 2.73 bits per heavy atom. The van der Waals surface area contributed by atoms with Gasteiger partial charge in [-0.05, 0) is 18.9 Å². The van der Waals surface area contributed by atoms with Crippen LogP contribution in [0.25, 0.3) is 0 Å². The van der Waals surface area contributed by atoms with Gasteiger partial charge in [0, 0.05) is 12.0 Å². The molecule has 126 valence electrons. The van der Waals surface area contributed by atoms with Crippen LogP contribution in [0.2, 0.25) is 0 Å². The Hall–Kier alpha value is -0.990. The fraction of sp³-hybridized carbons (Fsp3) is 0.800. The lowest BCUT2D eigenvalue weighted by atomic mass is 9.85. The van der Waals surface area contributed by atoms with E-state index in [-0.39, 0.29) is 13.2 Å². The molecular formula is C15H25NO6. The van der Waals surface area contributed by atoms with Crippen molar-refractivity contribution in [2.45, 2.75) is 51.0 Å². The molecule has 0 aliphatic carbocycles. The smallest absolute Gasteiger partial charge is 0.341 e. The Bertz CT molecular complexity index is 467. The molecule has 1 fully saturated rings. The lowest BCUT2D eigenvalue weighted by molar-refractivity contribution is -0.877. The molecule has 0 amide bonds. The third kappa shape index (κ3) is 2.68. The van der Waals surface area contributed by atoms with Gasteiger partial charge in [-0.15, -0.1) is 0 Å². The number of fused-ring (bicyclic) bond motifs is 1. The molecule has 2 heterocycles. The number of esters is 1. The number of carbonyl (C=O) groups is 1. The number of quaternary nitrogens is 1. The van der Waals surface area contributed by atoms with Gasteiger partial charge in [0.25, 0.3) is 0 Å². The van der Waals surface area contributed by atoms with Gasteiger partial charge >= 0.3 is 5.97 Å². The molecule has 0 saturated carbocycles.